The smallest absolute Gasteiger partial charge is 0.258 e. The number of aromatic nitrogens is 1. The maximum Gasteiger partial charge on any atom is 0.258 e. The maximum absolute atomic E-state index is 12.4. The second kappa shape index (κ2) is 16.6. The van der Waals surface area contributed by atoms with Crippen LogP contribution in [0.5, 0.6) is 0 Å². The highest BCUT2D eigenvalue weighted by Crippen LogP contribution is 2.39. The predicted octanol–water partition coefficient (Wildman–Crippen LogP) is 11.4. The summed E-state index contributed by atoms with van der Waals surface area (Å²) < 4.78 is 3.03. The molecule has 0 saturated heterocycles. The van der Waals surface area contributed by atoms with Crippen LogP contribution in [0.1, 0.15) is 43.0 Å². The van der Waals surface area contributed by atoms with Crippen molar-refractivity contribution in [1.82, 2.24) is 15.2 Å². The zero-order valence-electron chi connectivity index (χ0n) is 33.9. The van der Waals surface area contributed by atoms with Gasteiger partial charge in [-0.25, -0.2) is 0 Å². The molecule has 3 heterocycles. The average molecular weight is 885 g/mol. The third-order valence-corrected chi connectivity index (χ3v) is 12.3. The first-order valence-corrected chi connectivity index (χ1v) is 21.5. The van der Waals surface area contributed by atoms with Crippen LogP contribution in [-0.4, -0.2) is 28.2 Å². The fourth-order valence-corrected chi connectivity index (χ4v) is 9.16. The molecule has 2 aliphatic heterocycles. The summed E-state index contributed by atoms with van der Waals surface area (Å²) in [5.41, 5.74) is 16.4. The lowest BCUT2D eigenvalue weighted by atomic mass is 9.99. The quantitative estimate of drug-likeness (QED) is 0.173. The number of amides is 4. The molecule has 7 nitrogen and oxygen atoms in total. The third-order valence-electron chi connectivity index (χ3n) is 11.8. The molecule has 0 saturated carbocycles. The van der Waals surface area contributed by atoms with E-state index in [4.69, 9.17) is 0 Å². The van der Waals surface area contributed by atoms with E-state index in [0.29, 0.717) is 11.1 Å². The Labute approximate surface area is 372 Å². The molecule has 63 heavy (non-hydrogen) atoms. The van der Waals surface area contributed by atoms with Gasteiger partial charge in [0.05, 0.1) is 23.9 Å². The Morgan fingerprint density at radius 3 is 1.62 bits per heavy atom. The average Bonchev–Trinajstić information content (AvgIpc) is 3.85. The number of hydrogen-bond donors (Lipinski definition) is 2. The van der Waals surface area contributed by atoms with Crippen molar-refractivity contribution in [3.8, 4) is 39.1 Å². The number of fused-ring (bicyclic) bond motifs is 8. The van der Waals surface area contributed by atoms with E-state index in [1.165, 1.54) is 44.5 Å². The minimum absolute atomic E-state index is 0.231. The summed E-state index contributed by atoms with van der Waals surface area (Å²) >= 11 is 3.27. The first-order chi connectivity index (χ1) is 30.8. The summed E-state index contributed by atoms with van der Waals surface area (Å²) in [4.78, 5) is 46.4. The van der Waals surface area contributed by atoms with Crippen molar-refractivity contribution in [3.63, 3.8) is 0 Å². The Morgan fingerprint density at radius 2 is 0.905 bits per heavy atom. The number of nitrogens with one attached hydrogen (secondary N) is 2. The molecule has 2 N–H and O–H groups in total. The van der Waals surface area contributed by atoms with Crippen LogP contribution in [0.3, 0.4) is 0 Å². The lowest BCUT2D eigenvalue weighted by molar-refractivity contribution is -0.120. The van der Waals surface area contributed by atoms with E-state index in [0.717, 1.165) is 49.5 Å². The molecular weight excluding hydrogens is 847 g/mol. The largest absolute Gasteiger partial charge is 0.309 e. The van der Waals surface area contributed by atoms with E-state index in [1.807, 2.05) is 54.6 Å². The maximum atomic E-state index is 12.4. The van der Waals surface area contributed by atoms with Crippen LogP contribution in [-0.2, 0) is 28.9 Å². The molecule has 304 valence electrons. The van der Waals surface area contributed by atoms with Gasteiger partial charge in [-0.2, -0.15) is 0 Å². The zero-order chi connectivity index (χ0) is 43.0. The third kappa shape index (κ3) is 7.77. The van der Waals surface area contributed by atoms with Crippen molar-refractivity contribution in [1.29, 1.82) is 0 Å². The summed E-state index contributed by atoms with van der Waals surface area (Å²) in [7, 11) is 0. The van der Waals surface area contributed by atoms with Crippen LogP contribution in [0, 0.1) is 0 Å². The van der Waals surface area contributed by atoms with Gasteiger partial charge in [-0.15, -0.1) is 0 Å². The molecule has 1 aromatic heterocycles. The Balaban J connectivity index is 0.000000125. The Hall–Kier alpha value is -7.68. The van der Waals surface area contributed by atoms with Gasteiger partial charge in [0.2, 0.25) is 11.8 Å². The van der Waals surface area contributed by atoms with Crippen molar-refractivity contribution in [2.24, 2.45) is 0 Å². The van der Waals surface area contributed by atoms with E-state index in [2.05, 4.69) is 146 Å². The second-order valence-corrected chi connectivity index (χ2v) is 16.7. The number of para-hydroxylation sites is 1. The molecule has 0 radical (unpaired) electrons. The molecule has 1 aliphatic carbocycles. The molecule has 4 amide bonds. The molecule has 3 aliphatic rings. The lowest BCUT2D eigenvalue weighted by Gasteiger charge is -2.17. The second-order valence-electron chi connectivity index (χ2n) is 15.8. The molecule has 0 bridgehead atoms. The summed E-state index contributed by atoms with van der Waals surface area (Å²) in [6, 6.07) is 62.4. The van der Waals surface area contributed by atoms with Crippen LogP contribution in [0.4, 0.5) is 0 Å². The van der Waals surface area contributed by atoms with Gasteiger partial charge in [0.15, 0.2) is 0 Å². The topological polar surface area (TPSA) is 97.3 Å². The van der Waals surface area contributed by atoms with Crippen molar-refractivity contribution < 1.29 is 19.2 Å². The minimum atomic E-state index is -0.333. The van der Waals surface area contributed by atoms with Gasteiger partial charge in [-0.05, 0) is 111 Å². The minimum Gasteiger partial charge on any atom is -0.309 e. The summed E-state index contributed by atoms with van der Waals surface area (Å²) in [6.07, 6.45) is 1.59. The normalized spacial score (nSPS) is 13.3. The van der Waals surface area contributed by atoms with E-state index in [1.54, 1.807) is 12.1 Å². The van der Waals surface area contributed by atoms with E-state index >= 15 is 0 Å². The number of halogens is 1. The first-order valence-electron chi connectivity index (χ1n) is 20.7. The van der Waals surface area contributed by atoms with Gasteiger partial charge in [0.1, 0.15) is 0 Å². The highest BCUT2D eigenvalue weighted by molar-refractivity contribution is 9.10. The number of rotatable bonds is 3. The number of carbonyl (C=O) groups excluding carboxylic acids is 4. The van der Waals surface area contributed by atoms with Gasteiger partial charge in [0.25, 0.3) is 11.8 Å². The SMILES string of the molecule is O=C1Cc2ccc(-n3c4ccccc4c4cc(-c5ccccc5)ccc43)cc2C(=O)N1.O=C1Cc2ccc(Br)cc2C(=O)N1.c1ccc(-c2ccc3c(c2)-c2ccccc2C3)cc1. The molecular formula is C55H38BrN3O4. The number of imide groups is 2. The van der Waals surface area contributed by atoms with Crippen molar-refractivity contribution in [3.05, 3.63) is 220 Å². The Kier molecular flexibility index (Phi) is 10.4. The molecule has 0 atom stereocenters. The van der Waals surface area contributed by atoms with E-state index in [-0.39, 0.29) is 36.5 Å². The summed E-state index contributed by atoms with van der Waals surface area (Å²) in [5.74, 6) is -1.14. The van der Waals surface area contributed by atoms with Crippen LogP contribution >= 0.6 is 15.9 Å². The fraction of sp³-hybridized carbons (Fsp3) is 0.0545. The Morgan fingerprint density at radius 1 is 0.381 bits per heavy atom. The summed E-state index contributed by atoms with van der Waals surface area (Å²) in [6.45, 7) is 0. The Bertz CT molecular complexity index is 3300. The van der Waals surface area contributed by atoms with Gasteiger partial charge < -0.3 is 4.57 Å². The van der Waals surface area contributed by atoms with Crippen molar-refractivity contribution in [2.75, 3.05) is 0 Å². The van der Waals surface area contributed by atoms with Crippen LogP contribution in [0.15, 0.2) is 186 Å². The van der Waals surface area contributed by atoms with Gasteiger partial charge in [-0.3, -0.25) is 29.8 Å². The molecule has 8 aromatic carbocycles. The molecule has 0 spiro atoms. The summed E-state index contributed by atoms with van der Waals surface area (Å²) in [5, 5.41) is 7.01. The van der Waals surface area contributed by atoms with Gasteiger partial charge >= 0.3 is 0 Å². The molecule has 0 unspecified atom stereocenters. The molecule has 9 aromatic rings. The lowest BCUT2D eigenvalue weighted by Crippen LogP contribution is -2.37. The monoisotopic (exact) mass is 883 g/mol. The first kappa shape index (κ1) is 39.5. The highest BCUT2D eigenvalue weighted by atomic mass is 79.9. The van der Waals surface area contributed by atoms with E-state index < -0.39 is 0 Å². The molecule has 0 fully saturated rings. The highest BCUT2D eigenvalue weighted by Gasteiger charge is 2.24. The van der Waals surface area contributed by atoms with Crippen molar-refractivity contribution in [2.45, 2.75) is 19.3 Å². The van der Waals surface area contributed by atoms with Gasteiger partial charge in [0, 0.05) is 32.1 Å². The zero-order valence-corrected chi connectivity index (χ0v) is 35.5. The van der Waals surface area contributed by atoms with E-state index in [9.17, 15) is 19.2 Å². The van der Waals surface area contributed by atoms with Crippen molar-refractivity contribution >= 4 is 61.4 Å². The number of nitrogens with zero attached hydrogens (tertiary/aromatic N) is 1. The molecule has 8 heteroatoms. The standard InChI is InChI=1S/C27H18N2O2.C19H14.C9H6BrNO2/c30-26-15-19-10-12-20(16-22(19)27(31)28-26)29-24-9-5-4-8-21(24)23-14-18(11-13-25(23)29)17-6-2-1-3-7-17;1-2-6-14(7-3-1)15-10-11-17-12-16-8-4-5-9-18(16)19(17)13-15;10-6-2-1-5-3-8(12)11-9(13)7(5)4-6/h1-14,16H,15H2,(H,28,30,31);1-11,13H,12H2;1-2,4H,3H2,(H,11,12,13). The van der Waals surface area contributed by atoms with Gasteiger partial charge in [-0.1, -0.05) is 149 Å². The molecule has 12 rings (SSSR count). The number of hydrogen-bond acceptors (Lipinski definition) is 4. The fourth-order valence-electron chi connectivity index (χ4n) is 8.80. The predicted molar refractivity (Wildman–Crippen MR) is 253 cm³/mol. The number of benzene rings is 8. The van der Waals surface area contributed by atoms with Crippen LogP contribution < -0.4 is 10.6 Å². The number of carbonyl (C=O) groups is 4. The van der Waals surface area contributed by atoms with Crippen LogP contribution in [0.25, 0.3) is 60.9 Å². The van der Waals surface area contributed by atoms with Crippen LogP contribution in [0.2, 0.25) is 0 Å².